The molecular weight excluding hydrogens is 354 g/mol. The fourth-order valence-electron chi connectivity index (χ4n) is 3.49. The minimum atomic E-state index is -0.421. The summed E-state index contributed by atoms with van der Waals surface area (Å²) in [6.45, 7) is 1.03. The number of amides is 3. The normalized spacial score (nSPS) is 15.6. The van der Waals surface area contributed by atoms with Gasteiger partial charge in [0.2, 0.25) is 11.8 Å². The largest absolute Gasteiger partial charge is 0.369 e. The number of nitrogens with zero attached hydrogens (tertiary/aromatic N) is 1. The highest BCUT2D eigenvalue weighted by Crippen LogP contribution is 2.22. The molecule has 1 aliphatic rings. The van der Waals surface area contributed by atoms with Gasteiger partial charge in [0.15, 0.2) is 0 Å². The summed E-state index contributed by atoms with van der Waals surface area (Å²) in [5.41, 5.74) is 6.80. The van der Waals surface area contributed by atoms with Crippen molar-refractivity contribution in [2.24, 2.45) is 11.7 Å². The van der Waals surface area contributed by atoms with Crippen LogP contribution in [0.5, 0.6) is 0 Å². The van der Waals surface area contributed by atoms with E-state index in [1.54, 1.807) is 29.2 Å². The van der Waals surface area contributed by atoms with E-state index in [4.69, 9.17) is 5.73 Å². The molecule has 1 atom stereocenters. The highest BCUT2D eigenvalue weighted by molar-refractivity contribution is 5.94. The zero-order valence-electron chi connectivity index (χ0n) is 15.7. The second kappa shape index (κ2) is 9.17. The molecule has 0 radical (unpaired) electrons. The molecule has 0 unspecified atom stereocenters. The Bertz CT molecular complexity index is 815. The van der Waals surface area contributed by atoms with Gasteiger partial charge in [-0.1, -0.05) is 48.5 Å². The minimum Gasteiger partial charge on any atom is -0.369 e. The zero-order chi connectivity index (χ0) is 19.9. The van der Waals surface area contributed by atoms with E-state index in [9.17, 15) is 14.4 Å². The van der Waals surface area contributed by atoms with Crippen LogP contribution in [0.25, 0.3) is 0 Å². The summed E-state index contributed by atoms with van der Waals surface area (Å²) in [4.78, 5) is 38.5. The van der Waals surface area contributed by atoms with Gasteiger partial charge in [-0.15, -0.1) is 0 Å². The van der Waals surface area contributed by atoms with Gasteiger partial charge in [0.1, 0.15) is 0 Å². The van der Waals surface area contributed by atoms with Crippen molar-refractivity contribution in [3.63, 3.8) is 0 Å². The van der Waals surface area contributed by atoms with E-state index in [0.29, 0.717) is 31.5 Å². The van der Waals surface area contributed by atoms with Crippen LogP contribution in [0.2, 0.25) is 0 Å². The Balaban J connectivity index is 1.69. The number of rotatable bonds is 6. The van der Waals surface area contributed by atoms with E-state index < -0.39 is 6.04 Å². The number of benzene rings is 2. The Hall–Kier alpha value is -3.15. The standard InChI is InChI=1S/C22H25N3O3/c23-21(27)17-11-13-25(14-12-17)20(26)15-19(16-7-3-1-4-8-16)24-22(28)18-9-5-2-6-10-18/h1-10,17,19H,11-15H2,(H2,23,27)(H,24,28)/t19-/m0/s1. The lowest BCUT2D eigenvalue weighted by atomic mass is 9.95. The quantitative estimate of drug-likeness (QED) is 0.806. The van der Waals surface area contributed by atoms with E-state index in [2.05, 4.69) is 5.32 Å². The van der Waals surface area contributed by atoms with Gasteiger partial charge in [-0.05, 0) is 30.5 Å². The van der Waals surface area contributed by atoms with Gasteiger partial charge < -0.3 is 16.0 Å². The van der Waals surface area contributed by atoms with Gasteiger partial charge >= 0.3 is 0 Å². The first kappa shape index (κ1) is 19.6. The Morgan fingerprint density at radius 3 is 2.11 bits per heavy atom. The number of carbonyl (C=O) groups excluding carboxylic acids is 3. The van der Waals surface area contributed by atoms with Crippen LogP contribution in [0, 0.1) is 5.92 Å². The molecule has 0 saturated carbocycles. The van der Waals surface area contributed by atoms with Crippen LogP contribution in [0.4, 0.5) is 0 Å². The highest BCUT2D eigenvalue weighted by atomic mass is 16.2. The summed E-state index contributed by atoms with van der Waals surface area (Å²) in [6.07, 6.45) is 1.35. The lowest BCUT2D eigenvalue weighted by Gasteiger charge is -2.32. The second-order valence-corrected chi connectivity index (χ2v) is 7.06. The molecule has 6 nitrogen and oxygen atoms in total. The Kier molecular flexibility index (Phi) is 6.42. The first-order chi connectivity index (χ1) is 13.5. The monoisotopic (exact) mass is 379 g/mol. The fraction of sp³-hybridized carbons (Fsp3) is 0.318. The van der Waals surface area contributed by atoms with Crippen LogP contribution >= 0.6 is 0 Å². The number of hydrogen-bond acceptors (Lipinski definition) is 3. The van der Waals surface area contributed by atoms with Crippen molar-refractivity contribution >= 4 is 17.7 Å². The number of likely N-dealkylation sites (tertiary alicyclic amines) is 1. The van der Waals surface area contributed by atoms with Gasteiger partial charge in [-0.25, -0.2) is 0 Å². The molecule has 1 fully saturated rings. The lowest BCUT2D eigenvalue weighted by Crippen LogP contribution is -2.43. The van der Waals surface area contributed by atoms with Crippen LogP contribution in [-0.4, -0.2) is 35.7 Å². The van der Waals surface area contributed by atoms with Crippen LogP contribution in [0.15, 0.2) is 60.7 Å². The molecular formula is C22H25N3O3. The number of nitrogens with one attached hydrogen (secondary N) is 1. The van der Waals surface area contributed by atoms with Crippen molar-refractivity contribution in [2.45, 2.75) is 25.3 Å². The van der Waals surface area contributed by atoms with Gasteiger partial charge in [0.05, 0.1) is 12.5 Å². The van der Waals surface area contributed by atoms with E-state index in [1.165, 1.54) is 0 Å². The van der Waals surface area contributed by atoms with Gasteiger partial charge in [-0.2, -0.15) is 0 Å². The zero-order valence-corrected chi connectivity index (χ0v) is 15.7. The van der Waals surface area contributed by atoms with Gasteiger partial charge in [0, 0.05) is 24.6 Å². The number of carbonyl (C=O) groups is 3. The third kappa shape index (κ3) is 4.97. The molecule has 28 heavy (non-hydrogen) atoms. The second-order valence-electron chi connectivity index (χ2n) is 7.06. The summed E-state index contributed by atoms with van der Waals surface area (Å²) in [6, 6.07) is 18.0. The summed E-state index contributed by atoms with van der Waals surface area (Å²) < 4.78 is 0. The molecule has 0 aromatic heterocycles. The molecule has 2 aromatic carbocycles. The molecule has 0 aliphatic carbocycles. The van der Waals surface area contributed by atoms with Crippen molar-refractivity contribution in [3.8, 4) is 0 Å². The first-order valence-electron chi connectivity index (χ1n) is 9.52. The average molecular weight is 379 g/mol. The highest BCUT2D eigenvalue weighted by Gasteiger charge is 2.28. The third-order valence-corrected chi connectivity index (χ3v) is 5.17. The molecule has 6 heteroatoms. The number of hydrogen-bond donors (Lipinski definition) is 2. The van der Waals surface area contributed by atoms with Crippen molar-refractivity contribution in [3.05, 3.63) is 71.8 Å². The smallest absolute Gasteiger partial charge is 0.251 e. The SMILES string of the molecule is NC(=O)C1CCN(C(=O)C[C@H](NC(=O)c2ccccc2)c2ccccc2)CC1. The molecule has 0 bridgehead atoms. The molecule has 1 aliphatic heterocycles. The average Bonchev–Trinajstić information content (AvgIpc) is 2.74. The van der Waals surface area contributed by atoms with Gasteiger partial charge in [0.25, 0.3) is 5.91 Å². The number of primary amides is 1. The summed E-state index contributed by atoms with van der Waals surface area (Å²) >= 11 is 0. The maximum Gasteiger partial charge on any atom is 0.251 e. The summed E-state index contributed by atoms with van der Waals surface area (Å²) in [5.74, 6) is -0.712. The summed E-state index contributed by atoms with van der Waals surface area (Å²) in [5, 5.41) is 2.99. The van der Waals surface area contributed by atoms with E-state index in [0.717, 1.165) is 5.56 Å². The topological polar surface area (TPSA) is 92.5 Å². The summed E-state index contributed by atoms with van der Waals surface area (Å²) in [7, 11) is 0. The molecule has 3 N–H and O–H groups in total. The van der Waals surface area contributed by atoms with E-state index in [-0.39, 0.29) is 30.1 Å². The van der Waals surface area contributed by atoms with E-state index >= 15 is 0 Å². The van der Waals surface area contributed by atoms with Crippen LogP contribution in [0.1, 0.15) is 41.2 Å². The maximum absolute atomic E-state index is 12.8. The van der Waals surface area contributed by atoms with Crippen LogP contribution in [-0.2, 0) is 9.59 Å². The molecule has 3 amide bonds. The van der Waals surface area contributed by atoms with Crippen LogP contribution < -0.4 is 11.1 Å². The predicted octanol–water partition coefficient (Wildman–Crippen LogP) is 2.27. The molecule has 146 valence electrons. The fourth-order valence-corrected chi connectivity index (χ4v) is 3.49. The van der Waals surface area contributed by atoms with Crippen LogP contribution in [0.3, 0.4) is 0 Å². The third-order valence-electron chi connectivity index (χ3n) is 5.17. The van der Waals surface area contributed by atoms with Crippen molar-refractivity contribution in [1.29, 1.82) is 0 Å². The minimum absolute atomic E-state index is 0.0369. The maximum atomic E-state index is 12.8. The van der Waals surface area contributed by atoms with Crippen molar-refractivity contribution < 1.29 is 14.4 Å². The lowest BCUT2D eigenvalue weighted by molar-refractivity contribution is -0.135. The number of nitrogens with two attached hydrogens (primary N) is 1. The Morgan fingerprint density at radius 2 is 1.54 bits per heavy atom. The molecule has 2 aromatic rings. The van der Waals surface area contributed by atoms with Gasteiger partial charge in [-0.3, -0.25) is 14.4 Å². The van der Waals surface area contributed by atoms with Crippen molar-refractivity contribution in [2.75, 3.05) is 13.1 Å². The Morgan fingerprint density at radius 1 is 0.964 bits per heavy atom. The first-order valence-corrected chi connectivity index (χ1v) is 9.52. The predicted molar refractivity (Wildman–Crippen MR) is 106 cm³/mol. The molecule has 0 spiro atoms. The molecule has 3 rings (SSSR count). The number of piperidine rings is 1. The Labute approximate surface area is 164 Å². The van der Waals surface area contributed by atoms with E-state index in [1.807, 2.05) is 36.4 Å². The molecule has 1 saturated heterocycles. The molecule has 1 heterocycles. The van der Waals surface area contributed by atoms with Crippen molar-refractivity contribution in [1.82, 2.24) is 10.2 Å².